The maximum absolute atomic E-state index is 12.0. The van der Waals surface area contributed by atoms with Gasteiger partial charge in [-0.05, 0) is 12.1 Å². The van der Waals surface area contributed by atoms with Crippen molar-refractivity contribution < 1.29 is 14.3 Å². The summed E-state index contributed by atoms with van der Waals surface area (Å²) >= 11 is 3.40. The maximum atomic E-state index is 12.0. The highest BCUT2D eigenvalue weighted by Crippen LogP contribution is 2.29. The molecule has 1 aromatic rings. The summed E-state index contributed by atoms with van der Waals surface area (Å²) in [6, 6.07) is 5.31. The van der Waals surface area contributed by atoms with Crippen molar-refractivity contribution in [3.63, 3.8) is 0 Å². The Bertz CT molecular complexity index is 535. The van der Waals surface area contributed by atoms with Crippen LogP contribution in [0.15, 0.2) is 23.2 Å². The van der Waals surface area contributed by atoms with Crippen molar-refractivity contribution in [2.75, 3.05) is 37.6 Å². The fourth-order valence-electron chi connectivity index (χ4n) is 1.75. The van der Waals surface area contributed by atoms with Crippen molar-refractivity contribution >= 4 is 39.5 Å². The quantitative estimate of drug-likeness (QED) is 0.871. The molecule has 5 nitrogen and oxygen atoms in total. The lowest BCUT2D eigenvalue weighted by atomic mass is 10.2. The van der Waals surface area contributed by atoms with Crippen LogP contribution in [-0.2, 0) is 4.79 Å². The third-order valence-electron chi connectivity index (χ3n) is 2.80. The first kappa shape index (κ1) is 16.0. The second-order valence-corrected chi connectivity index (χ2v) is 6.63. The van der Waals surface area contributed by atoms with E-state index in [2.05, 4.69) is 10.3 Å². The van der Waals surface area contributed by atoms with Crippen LogP contribution >= 0.6 is 23.5 Å². The molecule has 0 bridgehead atoms. The van der Waals surface area contributed by atoms with E-state index in [1.165, 1.54) is 0 Å². The van der Waals surface area contributed by atoms with Crippen LogP contribution in [0.1, 0.15) is 6.42 Å². The predicted octanol–water partition coefficient (Wildman–Crippen LogP) is 2.87. The third kappa shape index (κ3) is 4.86. The van der Waals surface area contributed by atoms with Gasteiger partial charge in [0.2, 0.25) is 5.91 Å². The fraction of sp³-hybridized carbons (Fsp3) is 0.429. The van der Waals surface area contributed by atoms with Crippen LogP contribution < -0.4 is 14.8 Å². The molecule has 0 saturated carbocycles. The van der Waals surface area contributed by atoms with Crippen LogP contribution in [0.5, 0.6) is 11.5 Å². The van der Waals surface area contributed by atoms with Crippen LogP contribution in [0.25, 0.3) is 0 Å². The smallest absolute Gasteiger partial charge is 0.225 e. The molecule has 1 aliphatic rings. The number of amides is 1. The molecule has 1 amide bonds. The molecule has 1 aromatic carbocycles. The van der Waals surface area contributed by atoms with Crippen molar-refractivity contribution in [3.8, 4) is 11.5 Å². The number of carbonyl (C=O) groups is 1. The largest absolute Gasteiger partial charge is 0.497 e. The molecule has 0 aromatic heterocycles. The number of hydrogen-bond donors (Lipinski definition) is 1. The Kier molecular flexibility index (Phi) is 6.25. The van der Waals surface area contributed by atoms with Crippen molar-refractivity contribution in [2.45, 2.75) is 6.42 Å². The first-order valence-electron chi connectivity index (χ1n) is 6.55. The number of benzene rings is 1. The lowest BCUT2D eigenvalue weighted by Crippen LogP contribution is -2.13. The number of rotatable bonds is 6. The van der Waals surface area contributed by atoms with Gasteiger partial charge in [0, 0.05) is 24.0 Å². The number of aliphatic imine (C=N–C) groups is 1. The van der Waals surface area contributed by atoms with Crippen molar-refractivity contribution in [3.05, 3.63) is 18.2 Å². The maximum Gasteiger partial charge on any atom is 0.225 e. The van der Waals surface area contributed by atoms with Crippen molar-refractivity contribution in [1.82, 2.24) is 0 Å². The highest BCUT2D eigenvalue weighted by atomic mass is 32.2. The second kappa shape index (κ2) is 8.19. The minimum atomic E-state index is -0.0328. The minimum absolute atomic E-state index is 0.0328. The van der Waals surface area contributed by atoms with E-state index >= 15 is 0 Å². The summed E-state index contributed by atoms with van der Waals surface area (Å²) in [5.74, 6) is 3.03. The molecular weight excluding hydrogens is 308 g/mol. The van der Waals surface area contributed by atoms with Gasteiger partial charge in [0.1, 0.15) is 15.9 Å². The Morgan fingerprint density at radius 1 is 1.43 bits per heavy atom. The molecule has 0 aliphatic carbocycles. The summed E-state index contributed by atoms with van der Waals surface area (Å²) in [4.78, 5) is 16.3. The predicted molar refractivity (Wildman–Crippen MR) is 90.0 cm³/mol. The van der Waals surface area contributed by atoms with Gasteiger partial charge in [-0.25, -0.2) is 0 Å². The first-order valence-corrected chi connectivity index (χ1v) is 8.52. The zero-order valence-electron chi connectivity index (χ0n) is 12.0. The number of methoxy groups -OCH3 is 2. The highest BCUT2D eigenvalue weighted by molar-refractivity contribution is 8.39. The SMILES string of the molecule is COc1ccc(NC(=O)CCSC2=NCCS2)c(OC)c1. The molecule has 21 heavy (non-hydrogen) atoms. The van der Waals surface area contributed by atoms with E-state index in [0.717, 1.165) is 22.4 Å². The molecule has 1 heterocycles. The van der Waals surface area contributed by atoms with E-state index in [9.17, 15) is 4.79 Å². The van der Waals surface area contributed by atoms with Crippen LogP contribution in [0.3, 0.4) is 0 Å². The molecule has 0 atom stereocenters. The Morgan fingerprint density at radius 2 is 2.29 bits per heavy atom. The van der Waals surface area contributed by atoms with Gasteiger partial charge in [-0.2, -0.15) is 0 Å². The topological polar surface area (TPSA) is 59.9 Å². The van der Waals surface area contributed by atoms with Crippen molar-refractivity contribution in [2.24, 2.45) is 4.99 Å². The summed E-state index contributed by atoms with van der Waals surface area (Å²) in [5.41, 5.74) is 0.654. The van der Waals surface area contributed by atoms with E-state index in [1.807, 2.05) is 0 Å². The summed E-state index contributed by atoms with van der Waals surface area (Å²) in [7, 11) is 3.16. The van der Waals surface area contributed by atoms with Crippen LogP contribution in [-0.4, -0.2) is 42.6 Å². The van der Waals surface area contributed by atoms with Crippen molar-refractivity contribution in [1.29, 1.82) is 0 Å². The van der Waals surface area contributed by atoms with Gasteiger partial charge in [-0.3, -0.25) is 9.79 Å². The first-order chi connectivity index (χ1) is 10.2. The third-order valence-corrected chi connectivity index (χ3v) is 5.05. The summed E-state index contributed by atoms with van der Waals surface area (Å²) in [5, 5.41) is 2.86. The average Bonchev–Trinajstić information content (AvgIpc) is 3.01. The van der Waals surface area contributed by atoms with Gasteiger partial charge in [-0.15, -0.1) is 0 Å². The van der Waals surface area contributed by atoms with Gasteiger partial charge in [0.25, 0.3) is 0 Å². The standard InChI is InChI=1S/C14H18N2O3S2/c1-18-10-3-4-11(12(9-10)19-2)16-13(17)5-7-20-14-15-6-8-21-14/h3-4,9H,5-8H2,1-2H3,(H,16,17). The number of carbonyl (C=O) groups excluding carboxylic acids is 1. The van der Waals surface area contributed by atoms with Gasteiger partial charge in [0.05, 0.1) is 26.5 Å². The Labute approximate surface area is 132 Å². The molecule has 0 spiro atoms. The normalized spacial score (nSPS) is 13.7. The van der Waals surface area contributed by atoms with Crippen LogP contribution in [0.2, 0.25) is 0 Å². The summed E-state index contributed by atoms with van der Waals surface area (Å²) in [6.45, 7) is 0.891. The molecule has 0 unspecified atom stereocenters. The zero-order valence-corrected chi connectivity index (χ0v) is 13.7. The number of ether oxygens (including phenoxy) is 2. The molecule has 114 valence electrons. The van der Waals surface area contributed by atoms with E-state index in [0.29, 0.717) is 23.6 Å². The Balaban J connectivity index is 1.84. The van der Waals surface area contributed by atoms with E-state index < -0.39 is 0 Å². The molecule has 0 saturated heterocycles. The Morgan fingerprint density at radius 3 is 2.95 bits per heavy atom. The molecular formula is C14H18N2O3S2. The zero-order chi connectivity index (χ0) is 15.1. The average molecular weight is 326 g/mol. The van der Waals surface area contributed by atoms with Gasteiger partial charge in [-0.1, -0.05) is 23.5 Å². The lowest BCUT2D eigenvalue weighted by Gasteiger charge is -2.11. The van der Waals surface area contributed by atoms with E-state index in [-0.39, 0.29) is 5.91 Å². The highest BCUT2D eigenvalue weighted by Gasteiger charge is 2.11. The molecule has 7 heteroatoms. The van der Waals surface area contributed by atoms with Crippen LogP contribution in [0, 0.1) is 0 Å². The summed E-state index contributed by atoms with van der Waals surface area (Å²) < 4.78 is 11.5. The van der Waals surface area contributed by atoms with E-state index in [4.69, 9.17) is 9.47 Å². The molecule has 1 N–H and O–H groups in total. The summed E-state index contributed by atoms with van der Waals surface area (Å²) in [6.07, 6.45) is 0.444. The second-order valence-electron chi connectivity index (χ2n) is 4.21. The molecule has 1 aliphatic heterocycles. The number of nitrogens with zero attached hydrogens (tertiary/aromatic N) is 1. The molecule has 0 fully saturated rings. The Hall–Kier alpha value is -1.34. The number of thioether (sulfide) groups is 2. The minimum Gasteiger partial charge on any atom is -0.497 e. The fourth-order valence-corrected chi connectivity index (χ4v) is 3.77. The van der Waals surface area contributed by atoms with Crippen LogP contribution in [0.4, 0.5) is 5.69 Å². The lowest BCUT2D eigenvalue weighted by molar-refractivity contribution is -0.115. The number of anilines is 1. The number of nitrogens with one attached hydrogen (secondary N) is 1. The number of hydrogen-bond acceptors (Lipinski definition) is 6. The molecule has 0 radical (unpaired) electrons. The van der Waals surface area contributed by atoms with Gasteiger partial charge < -0.3 is 14.8 Å². The monoisotopic (exact) mass is 326 g/mol. The molecule has 2 rings (SSSR count). The van der Waals surface area contributed by atoms with E-state index in [1.54, 1.807) is 55.9 Å². The van der Waals surface area contributed by atoms with Gasteiger partial charge in [0.15, 0.2) is 0 Å². The van der Waals surface area contributed by atoms with Gasteiger partial charge >= 0.3 is 0 Å².